The van der Waals surface area contributed by atoms with E-state index < -0.39 is 5.41 Å². The van der Waals surface area contributed by atoms with Crippen molar-refractivity contribution in [3.8, 4) is 6.07 Å². The molecule has 0 aliphatic heterocycles. The molecular formula is C14H17N3O. The van der Waals surface area contributed by atoms with Crippen LogP contribution in [0.4, 0.5) is 11.4 Å². The minimum atomic E-state index is -0.791. The van der Waals surface area contributed by atoms with E-state index in [0.29, 0.717) is 12.8 Å². The lowest BCUT2D eigenvalue weighted by Gasteiger charge is -2.33. The number of carbonyl (C=O) groups excluding carboxylic acids is 1. The van der Waals surface area contributed by atoms with Gasteiger partial charge in [0.25, 0.3) is 0 Å². The normalized spacial score (nSPS) is 16.3. The van der Waals surface area contributed by atoms with Gasteiger partial charge in [-0.05, 0) is 43.5 Å². The van der Waals surface area contributed by atoms with E-state index in [9.17, 15) is 4.79 Å². The van der Waals surface area contributed by atoms with Crippen LogP contribution in [-0.2, 0) is 4.79 Å². The zero-order valence-corrected chi connectivity index (χ0v) is 10.7. The van der Waals surface area contributed by atoms with Gasteiger partial charge in [-0.1, -0.05) is 0 Å². The van der Waals surface area contributed by atoms with Crippen LogP contribution in [0.2, 0.25) is 0 Å². The van der Waals surface area contributed by atoms with E-state index in [2.05, 4.69) is 11.4 Å². The second kappa shape index (κ2) is 4.69. The van der Waals surface area contributed by atoms with Gasteiger partial charge < -0.3 is 10.2 Å². The molecule has 0 radical (unpaired) electrons. The average Bonchev–Trinajstić information content (AvgIpc) is 2.29. The van der Waals surface area contributed by atoms with Gasteiger partial charge in [0.2, 0.25) is 5.91 Å². The molecule has 0 bridgehead atoms. The molecule has 1 saturated carbocycles. The first kappa shape index (κ1) is 12.4. The summed E-state index contributed by atoms with van der Waals surface area (Å²) < 4.78 is 0. The highest BCUT2D eigenvalue weighted by molar-refractivity contribution is 5.97. The van der Waals surface area contributed by atoms with Crippen molar-refractivity contribution in [2.75, 3.05) is 24.3 Å². The largest absolute Gasteiger partial charge is 0.378 e. The fourth-order valence-corrected chi connectivity index (χ4v) is 2.01. The van der Waals surface area contributed by atoms with Gasteiger partial charge in [0, 0.05) is 25.5 Å². The van der Waals surface area contributed by atoms with Crippen LogP contribution in [0.15, 0.2) is 24.3 Å². The Morgan fingerprint density at radius 2 is 1.94 bits per heavy atom. The second-order valence-corrected chi connectivity index (χ2v) is 4.94. The maximum Gasteiger partial charge on any atom is 0.244 e. The van der Waals surface area contributed by atoms with Crippen molar-refractivity contribution in [1.82, 2.24) is 0 Å². The Morgan fingerprint density at radius 1 is 1.33 bits per heavy atom. The van der Waals surface area contributed by atoms with Crippen LogP contribution in [0.5, 0.6) is 0 Å². The summed E-state index contributed by atoms with van der Waals surface area (Å²) in [7, 11) is 3.93. The first-order chi connectivity index (χ1) is 8.57. The van der Waals surface area contributed by atoms with Gasteiger partial charge in [-0.25, -0.2) is 0 Å². The number of nitrogens with one attached hydrogen (secondary N) is 1. The highest BCUT2D eigenvalue weighted by atomic mass is 16.2. The molecule has 0 spiro atoms. The predicted molar refractivity (Wildman–Crippen MR) is 71.3 cm³/mol. The van der Waals surface area contributed by atoms with Crippen LogP contribution in [0, 0.1) is 16.7 Å². The SMILES string of the molecule is CN(C)c1ccc(NC(=O)C2(C#N)CCC2)cc1. The number of anilines is 2. The smallest absolute Gasteiger partial charge is 0.244 e. The Hall–Kier alpha value is -2.02. The lowest BCUT2D eigenvalue weighted by Crippen LogP contribution is -2.40. The van der Waals surface area contributed by atoms with Crippen LogP contribution >= 0.6 is 0 Å². The monoisotopic (exact) mass is 243 g/mol. The Labute approximate surface area is 107 Å². The number of hydrogen-bond acceptors (Lipinski definition) is 3. The zero-order valence-electron chi connectivity index (χ0n) is 10.7. The van der Waals surface area contributed by atoms with E-state index in [4.69, 9.17) is 5.26 Å². The van der Waals surface area contributed by atoms with Crippen LogP contribution < -0.4 is 10.2 Å². The van der Waals surface area contributed by atoms with Gasteiger partial charge in [-0.15, -0.1) is 0 Å². The van der Waals surface area contributed by atoms with Crippen molar-refractivity contribution in [1.29, 1.82) is 5.26 Å². The molecule has 18 heavy (non-hydrogen) atoms. The van der Waals surface area contributed by atoms with Crippen LogP contribution in [-0.4, -0.2) is 20.0 Å². The summed E-state index contributed by atoms with van der Waals surface area (Å²) in [4.78, 5) is 14.0. The highest BCUT2D eigenvalue weighted by Gasteiger charge is 2.44. The first-order valence-corrected chi connectivity index (χ1v) is 6.07. The summed E-state index contributed by atoms with van der Waals surface area (Å²) in [6, 6.07) is 9.74. The van der Waals surface area contributed by atoms with Crippen molar-refractivity contribution >= 4 is 17.3 Å². The third kappa shape index (κ3) is 2.17. The summed E-state index contributed by atoms with van der Waals surface area (Å²) >= 11 is 0. The quantitative estimate of drug-likeness (QED) is 0.886. The molecule has 0 saturated heterocycles. The molecule has 4 nitrogen and oxygen atoms in total. The topological polar surface area (TPSA) is 56.1 Å². The van der Waals surface area contributed by atoms with Gasteiger partial charge in [-0.3, -0.25) is 4.79 Å². The summed E-state index contributed by atoms with van der Waals surface area (Å²) in [6.07, 6.45) is 2.30. The molecule has 0 heterocycles. The summed E-state index contributed by atoms with van der Waals surface area (Å²) in [5.41, 5.74) is 1.03. The molecule has 1 aliphatic rings. The van der Waals surface area contributed by atoms with E-state index in [1.165, 1.54) is 0 Å². The van der Waals surface area contributed by atoms with Crippen molar-refractivity contribution in [3.63, 3.8) is 0 Å². The third-order valence-corrected chi connectivity index (χ3v) is 3.50. The molecule has 4 heteroatoms. The third-order valence-electron chi connectivity index (χ3n) is 3.50. The van der Waals surface area contributed by atoms with E-state index >= 15 is 0 Å². The summed E-state index contributed by atoms with van der Waals surface area (Å²) in [5, 5.41) is 11.9. The van der Waals surface area contributed by atoms with Gasteiger partial charge in [0.1, 0.15) is 5.41 Å². The van der Waals surface area contributed by atoms with Crippen molar-refractivity contribution < 1.29 is 4.79 Å². The van der Waals surface area contributed by atoms with Gasteiger partial charge in [-0.2, -0.15) is 5.26 Å². The van der Waals surface area contributed by atoms with Gasteiger partial charge in [0.05, 0.1) is 6.07 Å². The molecule has 1 fully saturated rings. The molecule has 0 unspecified atom stereocenters. The lowest BCUT2D eigenvalue weighted by molar-refractivity contribution is -0.126. The fraction of sp³-hybridized carbons (Fsp3) is 0.429. The van der Waals surface area contributed by atoms with Gasteiger partial charge in [0.15, 0.2) is 0 Å². The van der Waals surface area contributed by atoms with E-state index in [1.807, 2.05) is 43.3 Å². The Balaban J connectivity index is 2.06. The fourth-order valence-electron chi connectivity index (χ4n) is 2.01. The van der Waals surface area contributed by atoms with Crippen LogP contribution in [0.3, 0.4) is 0 Å². The molecule has 0 atom stereocenters. The molecule has 1 N–H and O–H groups in total. The molecule has 1 amide bonds. The number of nitrogens with zero attached hydrogens (tertiary/aromatic N) is 2. The molecule has 1 aromatic rings. The Bertz CT molecular complexity index is 481. The Morgan fingerprint density at radius 3 is 2.33 bits per heavy atom. The number of carbonyl (C=O) groups is 1. The van der Waals surface area contributed by atoms with Crippen molar-refractivity contribution in [2.24, 2.45) is 5.41 Å². The summed E-state index contributed by atoms with van der Waals surface area (Å²) in [6.45, 7) is 0. The van der Waals surface area contributed by atoms with E-state index in [0.717, 1.165) is 17.8 Å². The second-order valence-electron chi connectivity index (χ2n) is 4.94. The molecule has 2 rings (SSSR count). The zero-order chi connectivity index (χ0) is 13.2. The average molecular weight is 243 g/mol. The standard InChI is InChI=1S/C14H17N3O/c1-17(2)12-6-4-11(5-7-12)16-13(18)14(10-15)8-3-9-14/h4-7H,3,8-9H2,1-2H3,(H,16,18). The van der Waals surface area contributed by atoms with E-state index in [1.54, 1.807) is 0 Å². The minimum absolute atomic E-state index is 0.172. The molecule has 1 aromatic carbocycles. The first-order valence-electron chi connectivity index (χ1n) is 6.07. The van der Waals surface area contributed by atoms with Crippen molar-refractivity contribution in [2.45, 2.75) is 19.3 Å². The number of nitriles is 1. The maximum atomic E-state index is 12.0. The van der Waals surface area contributed by atoms with Crippen LogP contribution in [0.25, 0.3) is 0 Å². The predicted octanol–water partition coefficient (Wildman–Crippen LogP) is 2.38. The molecule has 94 valence electrons. The molecule has 1 aliphatic carbocycles. The summed E-state index contributed by atoms with van der Waals surface area (Å²) in [5.74, 6) is -0.172. The van der Waals surface area contributed by atoms with Gasteiger partial charge >= 0.3 is 0 Å². The molecule has 0 aromatic heterocycles. The van der Waals surface area contributed by atoms with Crippen LogP contribution in [0.1, 0.15) is 19.3 Å². The maximum absolute atomic E-state index is 12.0. The van der Waals surface area contributed by atoms with E-state index in [-0.39, 0.29) is 5.91 Å². The number of rotatable bonds is 3. The highest BCUT2D eigenvalue weighted by Crippen LogP contribution is 2.41. The Kier molecular flexibility index (Phi) is 3.24. The van der Waals surface area contributed by atoms with Crippen molar-refractivity contribution in [3.05, 3.63) is 24.3 Å². The lowest BCUT2D eigenvalue weighted by atomic mass is 9.69. The number of hydrogen-bond donors (Lipinski definition) is 1. The minimum Gasteiger partial charge on any atom is -0.378 e. The molecular weight excluding hydrogens is 226 g/mol. The number of amides is 1. The number of benzene rings is 1.